The topological polar surface area (TPSA) is 70.2 Å². The Morgan fingerprint density at radius 2 is 1.62 bits per heavy atom. The summed E-state index contributed by atoms with van der Waals surface area (Å²) in [4.78, 5) is 23.7. The van der Waals surface area contributed by atoms with E-state index in [1.54, 1.807) is 30.3 Å². The largest absolute Gasteiger partial charge is 0.352 e. The number of carbonyl (C=O) groups excluding carboxylic acids is 2. The Labute approximate surface area is 163 Å². The van der Waals surface area contributed by atoms with Crippen molar-refractivity contribution in [3.8, 4) is 0 Å². The van der Waals surface area contributed by atoms with E-state index in [2.05, 4.69) is 16.0 Å². The molecule has 0 saturated heterocycles. The zero-order valence-electron chi connectivity index (χ0n) is 14.6. The molecule has 0 aliphatic heterocycles. The summed E-state index contributed by atoms with van der Waals surface area (Å²) in [6, 6.07) is 12.2. The minimum atomic E-state index is -0.248. The maximum atomic E-state index is 12.0. The summed E-state index contributed by atoms with van der Waals surface area (Å²) in [5.41, 5.74) is 2.42. The highest BCUT2D eigenvalue weighted by Gasteiger charge is 2.07. The van der Waals surface area contributed by atoms with Crippen LogP contribution in [0.2, 0.25) is 10.0 Å². The van der Waals surface area contributed by atoms with E-state index in [9.17, 15) is 9.59 Å². The number of hydrogen-bond donors (Lipinski definition) is 3. The second-order valence-electron chi connectivity index (χ2n) is 6.15. The van der Waals surface area contributed by atoms with Crippen molar-refractivity contribution >= 4 is 40.8 Å². The maximum Gasteiger partial charge on any atom is 0.319 e. The summed E-state index contributed by atoms with van der Waals surface area (Å²) in [6.45, 7) is 4.19. The standard InChI is InChI=1S/C19H21Cl2N3O2/c1-12(2)23-19(26)24-15-6-3-13(4-7-15)11-22-18(25)10-14-5-8-16(20)17(21)9-14/h3-9,12H,10-11H2,1-2H3,(H,22,25)(H2,23,24,26). The average molecular weight is 394 g/mol. The Morgan fingerprint density at radius 3 is 2.23 bits per heavy atom. The van der Waals surface area contributed by atoms with Gasteiger partial charge in [-0.05, 0) is 49.2 Å². The van der Waals surface area contributed by atoms with E-state index < -0.39 is 0 Å². The molecule has 0 atom stereocenters. The number of nitrogens with one attached hydrogen (secondary N) is 3. The molecule has 0 aliphatic carbocycles. The fourth-order valence-corrected chi connectivity index (χ4v) is 2.55. The Hall–Kier alpha value is -2.24. The first-order chi connectivity index (χ1) is 12.3. The van der Waals surface area contributed by atoms with Gasteiger partial charge in [0.25, 0.3) is 0 Å². The molecular formula is C19H21Cl2N3O2. The van der Waals surface area contributed by atoms with Gasteiger partial charge in [-0.25, -0.2) is 4.79 Å². The molecule has 0 heterocycles. The van der Waals surface area contributed by atoms with Gasteiger partial charge in [0.2, 0.25) is 5.91 Å². The van der Waals surface area contributed by atoms with Crippen LogP contribution in [-0.2, 0) is 17.8 Å². The molecule has 0 bridgehead atoms. The molecule has 3 amide bonds. The Balaban J connectivity index is 1.82. The Morgan fingerprint density at radius 1 is 0.962 bits per heavy atom. The lowest BCUT2D eigenvalue weighted by Crippen LogP contribution is -2.34. The number of urea groups is 1. The first-order valence-electron chi connectivity index (χ1n) is 8.20. The number of rotatable bonds is 6. The first kappa shape index (κ1) is 20.1. The molecule has 26 heavy (non-hydrogen) atoms. The van der Waals surface area contributed by atoms with Gasteiger partial charge in [0, 0.05) is 18.3 Å². The van der Waals surface area contributed by atoms with Gasteiger partial charge < -0.3 is 16.0 Å². The molecule has 0 saturated carbocycles. The molecule has 2 aromatic carbocycles. The molecule has 0 spiro atoms. The normalized spacial score (nSPS) is 10.5. The Bertz CT molecular complexity index is 777. The van der Waals surface area contributed by atoms with Crippen LogP contribution in [0.1, 0.15) is 25.0 Å². The van der Waals surface area contributed by atoms with Gasteiger partial charge in [-0.3, -0.25) is 4.79 Å². The van der Waals surface area contributed by atoms with Gasteiger partial charge in [-0.1, -0.05) is 41.4 Å². The van der Waals surface area contributed by atoms with E-state index in [0.717, 1.165) is 11.1 Å². The summed E-state index contributed by atoms with van der Waals surface area (Å²) in [6.07, 6.45) is 0.228. The lowest BCUT2D eigenvalue weighted by Gasteiger charge is -2.11. The minimum Gasteiger partial charge on any atom is -0.352 e. The smallest absolute Gasteiger partial charge is 0.319 e. The minimum absolute atomic E-state index is 0.0695. The second-order valence-corrected chi connectivity index (χ2v) is 6.97. The van der Waals surface area contributed by atoms with Crippen molar-refractivity contribution in [3.63, 3.8) is 0 Å². The zero-order valence-corrected chi connectivity index (χ0v) is 16.1. The summed E-state index contributed by atoms with van der Waals surface area (Å²) in [5.74, 6) is -0.109. The van der Waals surface area contributed by atoms with Crippen molar-refractivity contribution in [1.82, 2.24) is 10.6 Å². The molecule has 2 aromatic rings. The van der Waals surface area contributed by atoms with Crippen LogP contribution in [0.4, 0.5) is 10.5 Å². The highest BCUT2D eigenvalue weighted by molar-refractivity contribution is 6.42. The van der Waals surface area contributed by atoms with E-state index in [-0.39, 0.29) is 24.4 Å². The van der Waals surface area contributed by atoms with Crippen LogP contribution in [0.5, 0.6) is 0 Å². The molecule has 2 rings (SSSR count). The van der Waals surface area contributed by atoms with Crippen molar-refractivity contribution in [2.45, 2.75) is 32.9 Å². The van der Waals surface area contributed by atoms with Crippen molar-refractivity contribution in [2.75, 3.05) is 5.32 Å². The van der Waals surface area contributed by atoms with E-state index in [0.29, 0.717) is 22.3 Å². The molecule has 7 heteroatoms. The summed E-state index contributed by atoms with van der Waals surface area (Å²) >= 11 is 11.8. The number of hydrogen-bond acceptors (Lipinski definition) is 2. The van der Waals surface area contributed by atoms with Crippen molar-refractivity contribution in [3.05, 3.63) is 63.6 Å². The van der Waals surface area contributed by atoms with Gasteiger partial charge in [0.1, 0.15) is 0 Å². The lowest BCUT2D eigenvalue weighted by atomic mass is 10.1. The first-order valence-corrected chi connectivity index (χ1v) is 8.96. The third-order valence-corrected chi connectivity index (χ3v) is 4.21. The van der Waals surface area contributed by atoms with E-state index in [4.69, 9.17) is 23.2 Å². The maximum absolute atomic E-state index is 12.0. The van der Waals surface area contributed by atoms with E-state index in [1.807, 2.05) is 26.0 Å². The summed E-state index contributed by atoms with van der Waals surface area (Å²) < 4.78 is 0. The third-order valence-electron chi connectivity index (χ3n) is 3.47. The number of carbonyl (C=O) groups is 2. The molecule has 3 N–H and O–H groups in total. The van der Waals surface area contributed by atoms with E-state index >= 15 is 0 Å². The van der Waals surface area contributed by atoms with Crippen LogP contribution in [0.15, 0.2) is 42.5 Å². The molecule has 0 radical (unpaired) electrons. The second kappa shape index (κ2) is 9.46. The van der Waals surface area contributed by atoms with Crippen molar-refractivity contribution in [2.24, 2.45) is 0 Å². The number of halogens is 2. The van der Waals surface area contributed by atoms with Crippen LogP contribution >= 0.6 is 23.2 Å². The van der Waals surface area contributed by atoms with Crippen LogP contribution < -0.4 is 16.0 Å². The summed E-state index contributed by atoms with van der Waals surface area (Å²) in [5, 5.41) is 9.25. The fraction of sp³-hybridized carbons (Fsp3) is 0.263. The van der Waals surface area contributed by atoms with Gasteiger partial charge in [-0.2, -0.15) is 0 Å². The van der Waals surface area contributed by atoms with Crippen LogP contribution in [0.25, 0.3) is 0 Å². The van der Waals surface area contributed by atoms with Gasteiger partial charge in [0.05, 0.1) is 16.5 Å². The predicted molar refractivity (Wildman–Crippen MR) is 106 cm³/mol. The molecule has 0 aromatic heterocycles. The van der Waals surface area contributed by atoms with Gasteiger partial charge >= 0.3 is 6.03 Å². The molecule has 0 fully saturated rings. The molecule has 5 nitrogen and oxygen atoms in total. The Kier molecular flexibility index (Phi) is 7.30. The molecule has 138 valence electrons. The van der Waals surface area contributed by atoms with Crippen molar-refractivity contribution in [1.29, 1.82) is 0 Å². The average Bonchev–Trinajstić information content (AvgIpc) is 2.57. The lowest BCUT2D eigenvalue weighted by molar-refractivity contribution is -0.120. The molecule has 0 unspecified atom stereocenters. The van der Waals surface area contributed by atoms with Crippen LogP contribution in [0, 0.1) is 0 Å². The number of anilines is 1. The predicted octanol–water partition coefficient (Wildman–Crippen LogP) is 4.38. The fourth-order valence-electron chi connectivity index (χ4n) is 2.23. The molecule has 0 aliphatic rings. The number of amides is 3. The SMILES string of the molecule is CC(C)NC(=O)Nc1ccc(CNC(=O)Cc2ccc(Cl)c(Cl)c2)cc1. The number of benzene rings is 2. The van der Waals surface area contributed by atoms with Crippen LogP contribution in [0.3, 0.4) is 0 Å². The zero-order chi connectivity index (χ0) is 19.1. The highest BCUT2D eigenvalue weighted by atomic mass is 35.5. The van der Waals surface area contributed by atoms with Crippen molar-refractivity contribution < 1.29 is 9.59 Å². The van der Waals surface area contributed by atoms with Gasteiger partial charge in [0.15, 0.2) is 0 Å². The van der Waals surface area contributed by atoms with E-state index in [1.165, 1.54) is 0 Å². The third kappa shape index (κ3) is 6.58. The molecular weight excluding hydrogens is 373 g/mol. The van der Waals surface area contributed by atoms with Crippen LogP contribution in [-0.4, -0.2) is 18.0 Å². The quantitative estimate of drug-likeness (QED) is 0.681. The van der Waals surface area contributed by atoms with Gasteiger partial charge in [-0.15, -0.1) is 0 Å². The monoisotopic (exact) mass is 393 g/mol. The summed E-state index contributed by atoms with van der Waals surface area (Å²) in [7, 11) is 0. The highest BCUT2D eigenvalue weighted by Crippen LogP contribution is 2.22.